The number of carbonyl (C=O) groups is 1. The third-order valence-electron chi connectivity index (χ3n) is 3.75. The summed E-state index contributed by atoms with van der Waals surface area (Å²) in [5.41, 5.74) is 1.17. The number of aryl methyl sites for hydroxylation is 1. The van der Waals surface area contributed by atoms with Crippen LogP contribution >= 0.6 is 24.0 Å². The van der Waals surface area contributed by atoms with Crippen LogP contribution in [0.15, 0.2) is 29.3 Å². The fourth-order valence-electron chi connectivity index (χ4n) is 1.98. The molecule has 0 radical (unpaired) electrons. The number of carbonyl (C=O) groups excluding carboxylic acids is 1. The van der Waals surface area contributed by atoms with Crippen molar-refractivity contribution in [3.63, 3.8) is 0 Å². The van der Waals surface area contributed by atoms with Crippen LogP contribution in [0.25, 0.3) is 0 Å². The Morgan fingerprint density at radius 1 is 1.31 bits per heavy atom. The van der Waals surface area contributed by atoms with Gasteiger partial charge >= 0.3 is 0 Å². The Morgan fingerprint density at radius 3 is 2.58 bits per heavy atom. The highest BCUT2D eigenvalue weighted by atomic mass is 127. The van der Waals surface area contributed by atoms with Crippen molar-refractivity contribution in [1.82, 2.24) is 15.5 Å². The van der Waals surface area contributed by atoms with Gasteiger partial charge in [0, 0.05) is 20.1 Å². The second kappa shape index (κ2) is 12.8. The number of nitrogens with zero attached hydrogens (tertiary/aromatic N) is 2. The molecule has 0 aliphatic heterocycles. The van der Waals surface area contributed by atoms with Crippen molar-refractivity contribution in [2.24, 2.45) is 4.99 Å². The molecule has 1 aromatic carbocycles. The Labute approximate surface area is 174 Å². The third-order valence-corrected chi connectivity index (χ3v) is 3.75. The van der Waals surface area contributed by atoms with E-state index in [4.69, 9.17) is 4.74 Å². The summed E-state index contributed by atoms with van der Waals surface area (Å²) in [4.78, 5) is 17.7. The van der Waals surface area contributed by atoms with Crippen LogP contribution in [-0.2, 0) is 4.79 Å². The smallest absolute Gasteiger partial charge is 0.243 e. The summed E-state index contributed by atoms with van der Waals surface area (Å²) in [6, 6.07) is 8.26. The molecule has 0 aromatic heterocycles. The highest BCUT2D eigenvalue weighted by molar-refractivity contribution is 14.0. The Morgan fingerprint density at radius 2 is 2.00 bits per heavy atom. The number of hydrogen-bond donors (Lipinski definition) is 2. The quantitative estimate of drug-likeness (QED) is 0.344. The molecule has 0 bridgehead atoms. The van der Waals surface area contributed by atoms with Gasteiger partial charge in [-0.25, -0.2) is 4.99 Å². The summed E-state index contributed by atoms with van der Waals surface area (Å²) in [5, 5.41) is 6.56. The number of amides is 1. The molecule has 0 saturated carbocycles. The number of ether oxygens (including phenoxy) is 1. The minimum absolute atomic E-state index is 0. The van der Waals surface area contributed by atoms with Crippen molar-refractivity contribution in [2.75, 3.05) is 27.2 Å². The van der Waals surface area contributed by atoms with E-state index in [-0.39, 0.29) is 48.6 Å². The first-order chi connectivity index (χ1) is 11.8. The fraction of sp³-hybridized carbons (Fsp3) is 0.579. The predicted molar refractivity (Wildman–Crippen MR) is 119 cm³/mol. The largest absolute Gasteiger partial charge is 0.489 e. The van der Waals surface area contributed by atoms with E-state index in [1.807, 2.05) is 38.1 Å². The molecule has 2 unspecified atom stereocenters. The molecule has 2 atom stereocenters. The normalized spacial score (nSPS) is 13.2. The number of halogens is 1. The van der Waals surface area contributed by atoms with Gasteiger partial charge in [-0.2, -0.15) is 0 Å². The first-order valence-electron chi connectivity index (χ1n) is 8.80. The van der Waals surface area contributed by atoms with Crippen LogP contribution in [-0.4, -0.2) is 56.1 Å². The molecule has 1 rings (SSSR count). The second-order valence-corrected chi connectivity index (χ2v) is 6.53. The van der Waals surface area contributed by atoms with Gasteiger partial charge in [-0.3, -0.25) is 4.79 Å². The highest BCUT2D eigenvalue weighted by Crippen LogP contribution is 2.13. The maximum absolute atomic E-state index is 11.8. The molecule has 1 amide bonds. The van der Waals surface area contributed by atoms with Crippen molar-refractivity contribution in [3.05, 3.63) is 29.8 Å². The van der Waals surface area contributed by atoms with Gasteiger partial charge in [-0.1, -0.05) is 19.1 Å². The van der Waals surface area contributed by atoms with E-state index < -0.39 is 0 Å². The van der Waals surface area contributed by atoms with Gasteiger partial charge in [-0.05, 0) is 44.9 Å². The number of hydrogen-bond acceptors (Lipinski definition) is 3. The van der Waals surface area contributed by atoms with E-state index in [9.17, 15) is 4.79 Å². The fourth-order valence-corrected chi connectivity index (χ4v) is 1.98. The van der Waals surface area contributed by atoms with E-state index in [0.717, 1.165) is 12.2 Å². The second-order valence-electron chi connectivity index (χ2n) is 6.53. The lowest BCUT2D eigenvalue weighted by molar-refractivity contribution is -0.127. The molecule has 6 nitrogen and oxygen atoms in total. The summed E-state index contributed by atoms with van der Waals surface area (Å²) in [6.07, 6.45) is 0.938. The van der Waals surface area contributed by atoms with Crippen LogP contribution in [0.3, 0.4) is 0 Å². The number of aliphatic imine (C=N–C) groups is 1. The van der Waals surface area contributed by atoms with Crippen LogP contribution in [0, 0.1) is 6.92 Å². The van der Waals surface area contributed by atoms with E-state index >= 15 is 0 Å². The summed E-state index contributed by atoms with van der Waals surface area (Å²) in [6.45, 7) is 8.93. The van der Waals surface area contributed by atoms with Gasteiger partial charge in [0.25, 0.3) is 0 Å². The molecule has 26 heavy (non-hydrogen) atoms. The van der Waals surface area contributed by atoms with Gasteiger partial charge in [0.2, 0.25) is 5.91 Å². The van der Waals surface area contributed by atoms with Crippen molar-refractivity contribution >= 4 is 35.8 Å². The molecule has 0 fully saturated rings. The van der Waals surface area contributed by atoms with Gasteiger partial charge in [0.15, 0.2) is 5.96 Å². The first kappa shape index (κ1) is 24.5. The molecule has 2 N–H and O–H groups in total. The molecule has 0 aliphatic rings. The monoisotopic (exact) mass is 476 g/mol. The van der Waals surface area contributed by atoms with Gasteiger partial charge in [0.1, 0.15) is 18.4 Å². The Kier molecular flexibility index (Phi) is 12.0. The Balaban J connectivity index is 0.00000625. The average Bonchev–Trinajstić information content (AvgIpc) is 2.56. The lowest BCUT2D eigenvalue weighted by Gasteiger charge is -2.20. The molecule has 0 saturated heterocycles. The zero-order chi connectivity index (χ0) is 18.8. The van der Waals surface area contributed by atoms with Crippen molar-refractivity contribution in [3.8, 4) is 5.75 Å². The van der Waals surface area contributed by atoms with Gasteiger partial charge < -0.3 is 20.3 Å². The highest BCUT2D eigenvalue weighted by Gasteiger charge is 2.09. The van der Waals surface area contributed by atoms with Crippen molar-refractivity contribution in [1.29, 1.82) is 0 Å². The molecule has 0 aliphatic carbocycles. The SMILES string of the molecule is CCC(C)NC(=NCC(=O)N(C)C)NCC(C)Oc1cccc(C)c1.I. The lowest BCUT2D eigenvalue weighted by atomic mass is 10.2. The van der Waals surface area contributed by atoms with Crippen molar-refractivity contribution < 1.29 is 9.53 Å². The summed E-state index contributed by atoms with van der Waals surface area (Å²) in [5.74, 6) is 1.45. The number of likely N-dealkylation sites (N-methyl/N-ethyl adjacent to an activating group) is 1. The van der Waals surface area contributed by atoms with E-state index in [1.165, 1.54) is 10.5 Å². The minimum Gasteiger partial charge on any atom is -0.489 e. The number of guanidine groups is 1. The van der Waals surface area contributed by atoms with Crippen LogP contribution < -0.4 is 15.4 Å². The third kappa shape index (κ3) is 9.84. The summed E-state index contributed by atoms with van der Waals surface area (Å²) < 4.78 is 5.92. The maximum Gasteiger partial charge on any atom is 0.243 e. The molecular formula is C19H33IN4O2. The number of benzene rings is 1. The average molecular weight is 476 g/mol. The topological polar surface area (TPSA) is 66.0 Å². The minimum atomic E-state index is -0.0330. The molecule has 148 valence electrons. The maximum atomic E-state index is 11.8. The van der Waals surface area contributed by atoms with Crippen molar-refractivity contribution in [2.45, 2.75) is 46.3 Å². The van der Waals surface area contributed by atoms with E-state index in [2.05, 4.69) is 29.5 Å². The molecule has 1 aromatic rings. The molecule has 7 heteroatoms. The predicted octanol–water partition coefficient (Wildman–Crippen LogP) is 2.80. The van der Waals surface area contributed by atoms with Crippen LogP contribution in [0.5, 0.6) is 5.75 Å². The van der Waals surface area contributed by atoms with Crippen LogP contribution in [0.2, 0.25) is 0 Å². The van der Waals surface area contributed by atoms with E-state index in [1.54, 1.807) is 14.1 Å². The molecule has 0 heterocycles. The Hall–Kier alpha value is -1.51. The lowest BCUT2D eigenvalue weighted by Crippen LogP contribution is -2.45. The Bertz CT molecular complexity index is 578. The summed E-state index contributed by atoms with van der Waals surface area (Å²) in [7, 11) is 3.45. The number of nitrogens with one attached hydrogen (secondary N) is 2. The zero-order valence-corrected chi connectivity index (χ0v) is 19.0. The van der Waals surface area contributed by atoms with Gasteiger partial charge in [0.05, 0.1) is 6.54 Å². The van der Waals surface area contributed by atoms with Gasteiger partial charge in [-0.15, -0.1) is 24.0 Å². The van der Waals surface area contributed by atoms with Crippen LogP contribution in [0.1, 0.15) is 32.8 Å². The van der Waals surface area contributed by atoms with Crippen LogP contribution in [0.4, 0.5) is 0 Å². The summed E-state index contributed by atoms with van der Waals surface area (Å²) >= 11 is 0. The number of rotatable bonds is 8. The molecule has 0 spiro atoms. The zero-order valence-electron chi connectivity index (χ0n) is 16.7. The van der Waals surface area contributed by atoms with E-state index in [0.29, 0.717) is 12.5 Å². The molecular weight excluding hydrogens is 443 g/mol. The first-order valence-corrected chi connectivity index (χ1v) is 8.80. The standard InChI is InChI=1S/C19H32N4O2.HI/c1-7-15(3)22-19(21-13-18(24)23(5)6)20-12-16(4)25-17-10-8-9-14(2)11-17;/h8-11,15-16H,7,12-13H2,1-6H3,(H2,20,21,22);1H.